The van der Waals surface area contributed by atoms with E-state index in [1.165, 1.54) is 6.08 Å². The van der Waals surface area contributed by atoms with Crippen molar-refractivity contribution in [1.29, 1.82) is 0 Å². The summed E-state index contributed by atoms with van der Waals surface area (Å²) >= 11 is 0. The van der Waals surface area contributed by atoms with Crippen LogP contribution in [0, 0.1) is 0 Å². The summed E-state index contributed by atoms with van der Waals surface area (Å²) in [5.74, 6) is 0.797. The van der Waals surface area contributed by atoms with Gasteiger partial charge < -0.3 is 30.7 Å². The molecule has 1 aliphatic heterocycles. The Labute approximate surface area is 220 Å². The number of fused-ring (bicyclic) bond motifs is 1. The van der Waals surface area contributed by atoms with E-state index in [4.69, 9.17) is 20.2 Å². The monoisotopic (exact) mass is 511 g/mol. The van der Waals surface area contributed by atoms with Crippen LogP contribution in [0.1, 0.15) is 0 Å². The molecule has 2 aromatic carbocycles. The SMILES string of the molecule is C=CC(=O)Nc1ccnc(-c2cccc3cnc(Nc4ccc(N5CCO[C@H](CN)C5)cc4OC)nc23)c1. The van der Waals surface area contributed by atoms with E-state index < -0.39 is 0 Å². The molecule has 0 aliphatic carbocycles. The van der Waals surface area contributed by atoms with Crippen molar-refractivity contribution in [3.05, 3.63) is 73.6 Å². The number of carbonyl (C=O) groups is 1. The average Bonchev–Trinajstić information content (AvgIpc) is 2.97. The van der Waals surface area contributed by atoms with Crippen LogP contribution in [0.3, 0.4) is 0 Å². The molecule has 194 valence electrons. The lowest BCUT2D eigenvalue weighted by molar-refractivity contribution is -0.111. The van der Waals surface area contributed by atoms with Gasteiger partial charge in [0.1, 0.15) is 5.75 Å². The van der Waals surface area contributed by atoms with Gasteiger partial charge in [0.05, 0.1) is 36.7 Å². The molecule has 4 N–H and O–H groups in total. The van der Waals surface area contributed by atoms with Crippen LogP contribution >= 0.6 is 0 Å². The number of morpholine rings is 1. The molecule has 10 nitrogen and oxygen atoms in total. The molecule has 1 saturated heterocycles. The number of rotatable bonds is 8. The number of carbonyl (C=O) groups excluding carboxylic acids is 1. The summed E-state index contributed by atoms with van der Waals surface area (Å²) in [6.07, 6.45) is 4.64. The van der Waals surface area contributed by atoms with Crippen molar-refractivity contribution in [2.24, 2.45) is 5.73 Å². The molecule has 1 aliphatic rings. The first-order valence-electron chi connectivity index (χ1n) is 12.2. The van der Waals surface area contributed by atoms with Crippen LogP contribution in [0.25, 0.3) is 22.2 Å². The highest BCUT2D eigenvalue weighted by atomic mass is 16.5. The van der Waals surface area contributed by atoms with Crippen LogP contribution in [0.15, 0.2) is 73.6 Å². The summed E-state index contributed by atoms with van der Waals surface area (Å²) in [5, 5.41) is 6.92. The number of hydrogen-bond donors (Lipinski definition) is 3. The second-order valence-electron chi connectivity index (χ2n) is 8.74. The topological polar surface area (TPSA) is 128 Å². The van der Waals surface area contributed by atoms with Gasteiger partial charge in [-0.05, 0) is 30.3 Å². The molecule has 1 amide bonds. The van der Waals surface area contributed by atoms with Gasteiger partial charge in [0.25, 0.3) is 0 Å². The third-order valence-corrected chi connectivity index (χ3v) is 6.30. The molecule has 0 bridgehead atoms. The largest absolute Gasteiger partial charge is 0.494 e. The fourth-order valence-electron chi connectivity index (χ4n) is 4.37. The van der Waals surface area contributed by atoms with Gasteiger partial charge in [-0.15, -0.1) is 0 Å². The smallest absolute Gasteiger partial charge is 0.247 e. The van der Waals surface area contributed by atoms with Crippen molar-refractivity contribution < 1.29 is 14.3 Å². The van der Waals surface area contributed by atoms with Crippen molar-refractivity contribution in [2.75, 3.05) is 48.9 Å². The first-order chi connectivity index (χ1) is 18.6. The Kier molecular flexibility index (Phi) is 7.43. The Morgan fingerprint density at radius 3 is 2.97 bits per heavy atom. The third-order valence-electron chi connectivity index (χ3n) is 6.30. The van der Waals surface area contributed by atoms with Crippen LogP contribution in [0.5, 0.6) is 5.75 Å². The number of nitrogens with two attached hydrogens (primary N) is 1. The van der Waals surface area contributed by atoms with E-state index in [-0.39, 0.29) is 12.0 Å². The predicted octanol–water partition coefficient (Wildman–Crippen LogP) is 3.73. The number of amides is 1. The first kappa shape index (κ1) is 25.1. The van der Waals surface area contributed by atoms with E-state index in [2.05, 4.69) is 32.1 Å². The number of para-hydroxylation sites is 1. The highest BCUT2D eigenvalue weighted by Gasteiger charge is 2.20. The van der Waals surface area contributed by atoms with Crippen LogP contribution < -0.4 is 26.0 Å². The van der Waals surface area contributed by atoms with Crippen LogP contribution in [-0.4, -0.2) is 60.3 Å². The lowest BCUT2D eigenvalue weighted by Gasteiger charge is -2.34. The van der Waals surface area contributed by atoms with E-state index in [0.29, 0.717) is 36.2 Å². The lowest BCUT2D eigenvalue weighted by Crippen LogP contribution is -2.45. The van der Waals surface area contributed by atoms with E-state index in [1.807, 2.05) is 36.4 Å². The number of aromatic nitrogens is 3. The summed E-state index contributed by atoms with van der Waals surface area (Å²) in [6.45, 7) is 6.13. The summed E-state index contributed by atoms with van der Waals surface area (Å²) in [4.78, 5) is 27.8. The predicted molar refractivity (Wildman–Crippen MR) is 149 cm³/mol. The highest BCUT2D eigenvalue weighted by molar-refractivity contribution is 5.99. The quantitative estimate of drug-likeness (QED) is 0.303. The maximum Gasteiger partial charge on any atom is 0.247 e. The molecular formula is C28H29N7O3. The molecule has 0 saturated carbocycles. The van der Waals surface area contributed by atoms with E-state index in [9.17, 15) is 4.79 Å². The minimum Gasteiger partial charge on any atom is -0.494 e. The number of hydrogen-bond acceptors (Lipinski definition) is 9. The van der Waals surface area contributed by atoms with Crippen molar-refractivity contribution in [2.45, 2.75) is 6.10 Å². The Morgan fingerprint density at radius 2 is 2.16 bits per heavy atom. The van der Waals surface area contributed by atoms with Crippen LogP contribution in [0.4, 0.5) is 23.0 Å². The minimum absolute atomic E-state index is 0.0150. The van der Waals surface area contributed by atoms with E-state index in [1.54, 1.807) is 31.6 Å². The maximum absolute atomic E-state index is 11.7. The maximum atomic E-state index is 11.7. The van der Waals surface area contributed by atoms with Gasteiger partial charge in [-0.1, -0.05) is 24.8 Å². The molecule has 0 spiro atoms. The summed E-state index contributed by atoms with van der Waals surface area (Å²) in [6, 6.07) is 15.3. The molecule has 0 unspecified atom stereocenters. The Bertz CT molecular complexity index is 1480. The van der Waals surface area contributed by atoms with Gasteiger partial charge >= 0.3 is 0 Å². The zero-order valence-electron chi connectivity index (χ0n) is 21.1. The highest BCUT2D eigenvalue weighted by Crippen LogP contribution is 2.33. The first-order valence-corrected chi connectivity index (χ1v) is 12.2. The summed E-state index contributed by atoms with van der Waals surface area (Å²) in [7, 11) is 1.63. The van der Waals surface area contributed by atoms with Crippen molar-refractivity contribution >= 4 is 39.8 Å². The second-order valence-corrected chi connectivity index (χ2v) is 8.74. The normalized spacial score (nSPS) is 15.2. The lowest BCUT2D eigenvalue weighted by atomic mass is 10.1. The van der Waals surface area contributed by atoms with Crippen LogP contribution in [0.2, 0.25) is 0 Å². The molecular weight excluding hydrogens is 482 g/mol. The Morgan fingerprint density at radius 1 is 1.26 bits per heavy atom. The molecule has 4 aromatic rings. The van der Waals surface area contributed by atoms with Gasteiger partial charge in [0.2, 0.25) is 11.9 Å². The minimum atomic E-state index is -0.290. The molecule has 0 radical (unpaired) electrons. The number of benzene rings is 2. The fourth-order valence-corrected chi connectivity index (χ4v) is 4.37. The number of nitrogens with one attached hydrogen (secondary N) is 2. The number of pyridine rings is 1. The molecule has 3 heterocycles. The van der Waals surface area contributed by atoms with Gasteiger partial charge in [-0.3, -0.25) is 9.78 Å². The van der Waals surface area contributed by atoms with Gasteiger partial charge in [-0.2, -0.15) is 0 Å². The molecule has 10 heteroatoms. The average molecular weight is 512 g/mol. The van der Waals surface area contributed by atoms with Gasteiger partial charge in [0, 0.05) is 60.4 Å². The van der Waals surface area contributed by atoms with Crippen molar-refractivity contribution in [3.8, 4) is 17.0 Å². The van der Waals surface area contributed by atoms with Crippen molar-refractivity contribution in [3.63, 3.8) is 0 Å². The Balaban J connectivity index is 1.44. The van der Waals surface area contributed by atoms with E-state index >= 15 is 0 Å². The number of nitrogens with zero attached hydrogens (tertiary/aromatic N) is 4. The van der Waals surface area contributed by atoms with Crippen molar-refractivity contribution in [1.82, 2.24) is 15.0 Å². The Hall–Kier alpha value is -4.54. The number of anilines is 4. The third kappa shape index (κ3) is 5.41. The molecule has 2 aromatic heterocycles. The molecule has 1 atom stereocenters. The molecule has 38 heavy (non-hydrogen) atoms. The fraction of sp³-hybridized carbons (Fsp3) is 0.214. The van der Waals surface area contributed by atoms with Gasteiger partial charge in [0.15, 0.2) is 0 Å². The number of methoxy groups -OCH3 is 1. The zero-order valence-corrected chi connectivity index (χ0v) is 21.1. The second kappa shape index (κ2) is 11.2. The molecule has 5 rings (SSSR count). The standard InChI is InChI=1S/C28H29N7O3/c1-3-26(36)32-19-9-10-30-24(13-19)22-6-4-5-18-16-31-28(34-27(18)22)33-23-8-7-20(14-25(23)37-2)35-11-12-38-21(15-29)17-35/h3-10,13-14,16,21H,1,11-12,15,17,29H2,2H3,(H,30,32,36)(H,31,33,34)/t21-/m1/s1. The molecule has 1 fully saturated rings. The summed E-state index contributed by atoms with van der Waals surface area (Å²) < 4.78 is 11.4. The number of ether oxygens (including phenoxy) is 2. The van der Waals surface area contributed by atoms with Gasteiger partial charge in [-0.25, -0.2) is 9.97 Å². The van der Waals surface area contributed by atoms with Crippen LogP contribution in [-0.2, 0) is 9.53 Å². The summed E-state index contributed by atoms with van der Waals surface area (Å²) in [5.41, 5.74) is 10.4. The zero-order chi connectivity index (χ0) is 26.5. The van der Waals surface area contributed by atoms with E-state index in [0.717, 1.165) is 40.9 Å².